The van der Waals surface area contributed by atoms with Crippen LogP contribution in [0.2, 0.25) is 0 Å². The van der Waals surface area contributed by atoms with E-state index in [1.54, 1.807) is 0 Å². The van der Waals surface area contributed by atoms with E-state index in [2.05, 4.69) is 29.3 Å². The van der Waals surface area contributed by atoms with Crippen molar-refractivity contribution in [2.45, 2.75) is 18.2 Å². The topological polar surface area (TPSA) is 64.9 Å². The molecule has 90 valence electrons. The third-order valence-electron chi connectivity index (χ3n) is 2.24. The van der Waals surface area contributed by atoms with Crippen LogP contribution in [0.5, 0.6) is 0 Å². The van der Waals surface area contributed by atoms with Crippen LogP contribution in [0.25, 0.3) is 11.5 Å². The highest BCUT2D eigenvalue weighted by Crippen LogP contribution is 2.23. The third kappa shape index (κ3) is 3.08. The Morgan fingerprint density at radius 3 is 2.65 bits per heavy atom. The van der Waals surface area contributed by atoms with Gasteiger partial charge in [-0.2, -0.15) is 0 Å². The van der Waals surface area contributed by atoms with Crippen LogP contribution in [0.15, 0.2) is 33.6 Å². The molecular weight excluding hydrogens is 234 g/mol. The van der Waals surface area contributed by atoms with Gasteiger partial charge in [0.2, 0.25) is 11.8 Å². The van der Waals surface area contributed by atoms with E-state index in [-0.39, 0.29) is 0 Å². The molecule has 0 radical (unpaired) electrons. The standard InChI is InChI=1S/C12H15N3OS/c1-2-17-10-5-3-9(4-6-10)12-15-14-11(16-12)7-8-13/h3-6H,2,7-8,13H2,1H3. The number of nitrogens with zero attached hydrogens (tertiary/aromatic N) is 2. The minimum atomic E-state index is 0.522. The van der Waals surface area contributed by atoms with Crippen LogP contribution >= 0.6 is 11.8 Å². The second-order valence-electron chi connectivity index (χ2n) is 3.50. The van der Waals surface area contributed by atoms with E-state index >= 15 is 0 Å². The number of hydrogen-bond acceptors (Lipinski definition) is 5. The van der Waals surface area contributed by atoms with Gasteiger partial charge in [0.15, 0.2) is 0 Å². The molecule has 1 aromatic heterocycles. The Labute approximate surface area is 105 Å². The predicted octanol–water partition coefficient (Wildman–Crippen LogP) is 2.35. The molecular formula is C12H15N3OS. The lowest BCUT2D eigenvalue weighted by atomic mass is 10.2. The van der Waals surface area contributed by atoms with Crippen LogP contribution in [-0.4, -0.2) is 22.5 Å². The first-order valence-electron chi connectivity index (χ1n) is 5.59. The van der Waals surface area contributed by atoms with E-state index in [0.29, 0.717) is 24.7 Å². The van der Waals surface area contributed by atoms with Crippen molar-refractivity contribution in [3.05, 3.63) is 30.2 Å². The molecule has 0 aliphatic heterocycles. The van der Waals surface area contributed by atoms with Crippen molar-refractivity contribution in [1.29, 1.82) is 0 Å². The van der Waals surface area contributed by atoms with Crippen LogP contribution in [0.3, 0.4) is 0 Å². The number of thioether (sulfide) groups is 1. The summed E-state index contributed by atoms with van der Waals surface area (Å²) < 4.78 is 5.50. The van der Waals surface area contributed by atoms with Crippen LogP contribution in [-0.2, 0) is 6.42 Å². The molecule has 0 atom stereocenters. The lowest BCUT2D eigenvalue weighted by molar-refractivity contribution is 0.507. The summed E-state index contributed by atoms with van der Waals surface area (Å²) >= 11 is 1.81. The Bertz CT molecular complexity index is 467. The summed E-state index contributed by atoms with van der Waals surface area (Å²) in [5, 5.41) is 7.94. The normalized spacial score (nSPS) is 10.7. The zero-order chi connectivity index (χ0) is 12.1. The van der Waals surface area contributed by atoms with Crippen LogP contribution in [0.4, 0.5) is 0 Å². The summed E-state index contributed by atoms with van der Waals surface area (Å²) in [6.07, 6.45) is 0.622. The number of aromatic nitrogens is 2. The fourth-order valence-corrected chi connectivity index (χ4v) is 2.12. The van der Waals surface area contributed by atoms with Crippen molar-refractivity contribution in [3.63, 3.8) is 0 Å². The SMILES string of the molecule is CCSc1ccc(-c2nnc(CCN)o2)cc1. The van der Waals surface area contributed by atoms with E-state index in [4.69, 9.17) is 10.2 Å². The highest BCUT2D eigenvalue weighted by molar-refractivity contribution is 7.99. The van der Waals surface area contributed by atoms with Gasteiger partial charge in [0.1, 0.15) is 0 Å². The minimum Gasteiger partial charge on any atom is -0.421 e. The maximum absolute atomic E-state index is 5.50. The largest absolute Gasteiger partial charge is 0.421 e. The molecule has 4 nitrogen and oxygen atoms in total. The zero-order valence-electron chi connectivity index (χ0n) is 9.72. The monoisotopic (exact) mass is 249 g/mol. The molecule has 2 rings (SSSR count). The average molecular weight is 249 g/mol. The van der Waals surface area contributed by atoms with Gasteiger partial charge in [-0.05, 0) is 30.0 Å². The van der Waals surface area contributed by atoms with Crippen molar-refractivity contribution < 1.29 is 4.42 Å². The Kier molecular flexibility index (Phi) is 4.17. The van der Waals surface area contributed by atoms with Gasteiger partial charge in [0.05, 0.1) is 0 Å². The van der Waals surface area contributed by atoms with Crippen molar-refractivity contribution in [3.8, 4) is 11.5 Å². The fraction of sp³-hybridized carbons (Fsp3) is 0.333. The molecule has 0 saturated heterocycles. The molecule has 1 heterocycles. The first-order valence-corrected chi connectivity index (χ1v) is 6.57. The van der Waals surface area contributed by atoms with Gasteiger partial charge in [0.25, 0.3) is 0 Å². The average Bonchev–Trinajstić information content (AvgIpc) is 2.80. The summed E-state index contributed by atoms with van der Waals surface area (Å²) in [5.41, 5.74) is 6.38. The molecule has 1 aromatic carbocycles. The second kappa shape index (κ2) is 5.84. The fourth-order valence-electron chi connectivity index (χ4n) is 1.46. The van der Waals surface area contributed by atoms with E-state index in [1.807, 2.05) is 23.9 Å². The summed E-state index contributed by atoms with van der Waals surface area (Å²) in [5.74, 6) is 2.22. The lowest BCUT2D eigenvalue weighted by Crippen LogP contribution is -2.02. The molecule has 17 heavy (non-hydrogen) atoms. The molecule has 2 aromatic rings. The number of benzene rings is 1. The predicted molar refractivity (Wildman–Crippen MR) is 68.9 cm³/mol. The summed E-state index contributed by atoms with van der Waals surface area (Å²) in [7, 11) is 0. The van der Waals surface area contributed by atoms with Crippen molar-refractivity contribution >= 4 is 11.8 Å². The third-order valence-corrected chi connectivity index (χ3v) is 3.13. The van der Waals surface area contributed by atoms with Crippen molar-refractivity contribution in [2.75, 3.05) is 12.3 Å². The molecule has 0 bridgehead atoms. The molecule has 0 spiro atoms. The molecule has 5 heteroatoms. The first kappa shape index (κ1) is 12.1. The number of nitrogens with two attached hydrogens (primary N) is 1. The van der Waals surface area contributed by atoms with E-state index in [1.165, 1.54) is 4.90 Å². The highest BCUT2D eigenvalue weighted by atomic mass is 32.2. The maximum Gasteiger partial charge on any atom is 0.247 e. The zero-order valence-corrected chi connectivity index (χ0v) is 10.5. The Morgan fingerprint density at radius 2 is 2.00 bits per heavy atom. The lowest BCUT2D eigenvalue weighted by Gasteiger charge is -1.99. The molecule has 0 unspecified atom stereocenters. The van der Waals surface area contributed by atoms with Gasteiger partial charge in [0, 0.05) is 23.4 Å². The second-order valence-corrected chi connectivity index (χ2v) is 4.83. The summed E-state index contributed by atoms with van der Waals surface area (Å²) in [6.45, 7) is 2.66. The van der Waals surface area contributed by atoms with E-state index in [9.17, 15) is 0 Å². The molecule has 0 aliphatic rings. The maximum atomic E-state index is 5.50. The number of rotatable bonds is 5. The smallest absolute Gasteiger partial charge is 0.247 e. The van der Waals surface area contributed by atoms with Gasteiger partial charge in [-0.1, -0.05) is 6.92 Å². The highest BCUT2D eigenvalue weighted by Gasteiger charge is 2.07. The molecule has 2 N–H and O–H groups in total. The van der Waals surface area contributed by atoms with Gasteiger partial charge in [-0.25, -0.2) is 0 Å². The van der Waals surface area contributed by atoms with Gasteiger partial charge in [-0.3, -0.25) is 0 Å². The summed E-state index contributed by atoms with van der Waals surface area (Å²) in [4.78, 5) is 1.25. The van der Waals surface area contributed by atoms with E-state index in [0.717, 1.165) is 11.3 Å². The Hall–Kier alpha value is -1.33. The number of hydrogen-bond donors (Lipinski definition) is 1. The van der Waals surface area contributed by atoms with Gasteiger partial charge >= 0.3 is 0 Å². The minimum absolute atomic E-state index is 0.522. The molecule has 0 saturated carbocycles. The van der Waals surface area contributed by atoms with Crippen molar-refractivity contribution in [1.82, 2.24) is 10.2 Å². The van der Waals surface area contributed by atoms with Crippen LogP contribution in [0.1, 0.15) is 12.8 Å². The van der Waals surface area contributed by atoms with Gasteiger partial charge < -0.3 is 10.2 Å². The quantitative estimate of drug-likeness (QED) is 0.824. The van der Waals surface area contributed by atoms with Crippen LogP contribution < -0.4 is 5.73 Å². The van der Waals surface area contributed by atoms with E-state index < -0.39 is 0 Å². The first-order chi connectivity index (χ1) is 8.33. The Morgan fingerprint density at radius 1 is 1.24 bits per heavy atom. The molecule has 0 amide bonds. The van der Waals surface area contributed by atoms with Crippen molar-refractivity contribution in [2.24, 2.45) is 5.73 Å². The summed E-state index contributed by atoms with van der Waals surface area (Å²) in [6, 6.07) is 8.13. The van der Waals surface area contributed by atoms with Gasteiger partial charge in [-0.15, -0.1) is 22.0 Å². The Balaban J connectivity index is 2.15. The van der Waals surface area contributed by atoms with Crippen LogP contribution in [0, 0.1) is 0 Å². The molecule has 0 aliphatic carbocycles. The molecule has 0 fully saturated rings.